The molecular weight excluding hydrogens is 224 g/mol. The van der Waals surface area contributed by atoms with Crippen LogP contribution in [0.3, 0.4) is 0 Å². The number of thioether (sulfide) groups is 1. The van der Waals surface area contributed by atoms with Crippen molar-refractivity contribution in [2.45, 2.75) is 17.1 Å². The predicted molar refractivity (Wildman–Crippen MR) is 64.2 cm³/mol. The zero-order valence-corrected chi connectivity index (χ0v) is 9.83. The fourth-order valence-electron chi connectivity index (χ4n) is 1.46. The van der Waals surface area contributed by atoms with E-state index in [0.717, 1.165) is 29.2 Å². The van der Waals surface area contributed by atoms with Gasteiger partial charge < -0.3 is 15.7 Å². The zero-order valence-electron chi connectivity index (χ0n) is 9.01. The standard InChI is InChI=1S/C11H14N2O2S/c1-7-2-3-10(16-8-5-15-6-8)9(4-7)11(12)13-14/h2-4,8,14H,5-6H2,1H3,(H2,12,13). The van der Waals surface area contributed by atoms with Crippen LogP contribution in [0.4, 0.5) is 0 Å². The molecule has 0 saturated carbocycles. The monoisotopic (exact) mass is 238 g/mol. The van der Waals surface area contributed by atoms with Gasteiger partial charge >= 0.3 is 0 Å². The number of hydrogen-bond donors (Lipinski definition) is 2. The summed E-state index contributed by atoms with van der Waals surface area (Å²) in [6, 6.07) is 5.96. The second-order valence-corrected chi connectivity index (χ2v) is 5.10. The maximum absolute atomic E-state index is 8.74. The van der Waals surface area contributed by atoms with Gasteiger partial charge in [-0.3, -0.25) is 0 Å². The molecule has 1 aromatic rings. The molecule has 1 saturated heterocycles. The molecule has 16 heavy (non-hydrogen) atoms. The summed E-state index contributed by atoms with van der Waals surface area (Å²) in [5.74, 6) is 0.159. The van der Waals surface area contributed by atoms with Crippen LogP contribution in [0.5, 0.6) is 0 Å². The molecule has 0 radical (unpaired) electrons. The Morgan fingerprint density at radius 3 is 2.88 bits per heavy atom. The first-order valence-electron chi connectivity index (χ1n) is 5.03. The van der Waals surface area contributed by atoms with E-state index in [-0.39, 0.29) is 5.84 Å². The van der Waals surface area contributed by atoms with Crippen molar-refractivity contribution in [2.75, 3.05) is 13.2 Å². The van der Waals surface area contributed by atoms with Gasteiger partial charge in [-0.05, 0) is 19.1 Å². The summed E-state index contributed by atoms with van der Waals surface area (Å²) in [5.41, 5.74) is 7.54. The normalized spacial score (nSPS) is 17.2. The lowest BCUT2D eigenvalue weighted by Crippen LogP contribution is -2.30. The lowest BCUT2D eigenvalue weighted by molar-refractivity contribution is 0.0455. The summed E-state index contributed by atoms with van der Waals surface area (Å²) in [4.78, 5) is 1.04. The molecule has 1 aliphatic rings. The van der Waals surface area contributed by atoms with Crippen molar-refractivity contribution in [3.05, 3.63) is 29.3 Å². The van der Waals surface area contributed by atoms with Gasteiger partial charge in [0.25, 0.3) is 0 Å². The highest BCUT2D eigenvalue weighted by molar-refractivity contribution is 8.00. The van der Waals surface area contributed by atoms with Crippen LogP contribution in [0.15, 0.2) is 28.3 Å². The highest BCUT2D eigenvalue weighted by atomic mass is 32.2. The Bertz CT molecular complexity index is 416. The van der Waals surface area contributed by atoms with E-state index in [4.69, 9.17) is 15.7 Å². The molecule has 1 heterocycles. The Labute approximate surface area is 98.5 Å². The number of benzene rings is 1. The highest BCUT2D eigenvalue weighted by Gasteiger charge is 2.21. The van der Waals surface area contributed by atoms with Gasteiger partial charge in [-0.2, -0.15) is 0 Å². The number of ether oxygens (including phenoxy) is 1. The van der Waals surface area contributed by atoms with Crippen molar-refractivity contribution in [3.8, 4) is 0 Å². The number of rotatable bonds is 3. The molecule has 0 aliphatic carbocycles. The van der Waals surface area contributed by atoms with Crippen LogP contribution in [-0.2, 0) is 4.74 Å². The number of nitrogens with two attached hydrogens (primary N) is 1. The van der Waals surface area contributed by atoms with Crippen LogP contribution in [0.2, 0.25) is 0 Å². The second kappa shape index (κ2) is 4.76. The average molecular weight is 238 g/mol. The first-order chi connectivity index (χ1) is 7.70. The Morgan fingerprint density at radius 1 is 1.56 bits per heavy atom. The molecule has 0 amide bonds. The lowest BCUT2D eigenvalue weighted by Gasteiger charge is -2.26. The molecule has 1 aliphatic heterocycles. The van der Waals surface area contributed by atoms with Crippen molar-refractivity contribution >= 4 is 17.6 Å². The SMILES string of the molecule is Cc1ccc(SC2COC2)c(/C(N)=N/O)c1. The van der Waals surface area contributed by atoms with Gasteiger partial charge in [0.15, 0.2) is 5.84 Å². The third-order valence-electron chi connectivity index (χ3n) is 2.42. The van der Waals surface area contributed by atoms with Crippen LogP contribution in [0.25, 0.3) is 0 Å². The molecule has 1 fully saturated rings. The molecule has 4 nitrogen and oxygen atoms in total. The van der Waals surface area contributed by atoms with E-state index in [0.29, 0.717) is 5.25 Å². The summed E-state index contributed by atoms with van der Waals surface area (Å²) in [6.07, 6.45) is 0. The Kier molecular flexibility index (Phi) is 3.36. The first kappa shape index (κ1) is 11.3. The van der Waals surface area contributed by atoms with Crippen LogP contribution < -0.4 is 5.73 Å². The van der Waals surface area contributed by atoms with Gasteiger partial charge in [-0.15, -0.1) is 11.8 Å². The van der Waals surface area contributed by atoms with E-state index in [1.54, 1.807) is 11.8 Å². The van der Waals surface area contributed by atoms with Crippen LogP contribution in [0, 0.1) is 6.92 Å². The molecule has 5 heteroatoms. The summed E-state index contributed by atoms with van der Waals surface area (Å²) in [7, 11) is 0. The quantitative estimate of drug-likeness (QED) is 0.363. The third kappa shape index (κ3) is 2.31. The Balaban J connectivity index is 2.27. The largest absolute Gasteiger partial charge is 0.409 e. The second-order valence-electron chi connectivity index (χ2n) is 3.76. The topological polar surface area (TPSA) is 67.8 Å². The fraction of sp³-hybridized carbons (Fsp3) is 0.364. The highest BCUT2D eigenvalue weighted by Crippen LogP contribution is 2.31. The number of amidine groups is 1. The summed E-state index contributed by atoms with van der Waals surface area (Å²) < 4.78 is 5.13. The number of oxime groups is 1. The van der Waals surface area contributed by atoms with Crippen molar-refractivity contribution in [1.82, 2.24) is 0 Å². The van der Waals surface area contributed by atoms with Gasteiger partial charge in [-0.1, -0.05) is 16.8 Å². The van der Waals surface area contributed by atoms with E-state index in [9.17, 15) is 0 Å². The van der Waals surface area contributed by atoms with Crippen LogP contribution in [0.1, 0.15) is 11.1 Å². The van der Waals surface area contributed by atoms with Crippen molar-refractivity contribution in [3.63, 3.8) is 0 Å². The maximum atomic E-state index is 8.74. The number of aryl methyl sites for hydroxylation is 1. The minimum absolute atomic E-state index is 0.159. The fourth-order valence-corrected chi connectivity index (χ4v) is 2.59. The molecule has 0 aromatic heterocycles. The molecule has 0 spiro atoms. The third-order valence-corrected chi connectivity index (χ3v) is 3.64. The van der Waals surface area contributed by atoms with Crippen molar-refractivity contribution in [2.24, 2.45) is 10.9 Å². The van der Waals surface area contributed by atoms with E-state index in [2.05, 4.69) is 5.16 Å². The smallest absolute Gasteiger partial charge is 0.171 e. The van der Waals surface area contributed by atoms with E-state index >= 15 is 0 Å². The van der Waals surface area contributed by atoms with Gasteiger partial charge in [-0.25, -0.2) is 0 Å². The summed E-state index contributed by atoms with van der Waals surface area (Å²) in [6.45, 7) is 3.53. The molecule has 3 N–H and O–H groups in total. The zero-order chi connectivity index (χ0) is 11.5. The Hall–Kier alpha value is -1.20. The molecule has 1 aromatic carbocycles. The number of hydrogen-bond acceptors (Lipinski definition) is 4. The van der Waals surface area contributed by atoms with Crippen LogP contribution >= 0.6 is 11.8 Å². The van der Waals surface area contributed by atoms with Crippen molar-refractivity contribution in [1.29, 1.82) is 0 Å². The molecular formula is C11H14N2O2S. The molecule has 2 rings (SSSR count). The minimum Gasteiger partial charge on any atom is -0.409 e. The van der Waals surface area contributed by atoms with E-state index in [1.165, 1.54) is 0 Å². The van der Waals surface area contributed by atoms with E-state index in [1.807, 2.05) is 25.1 Å². The number of nitrogens with zero attached hydrogens (tertiary/aromatic N) is 1. The molecule has 0 unspecified atom stereocenters. The van der Waals surface area contributed by atoms with Gasteiger partial charge in [0.2, 0.25) is 0 Å². The van der Waals surface area contributed by atoms with Crippen molar-refractivity contribution < 1.29 is 9.94 Å². The van der Waals surface area contributed by atoms with Gasteiger partial charge in [0, 0.05) is 10.5 Å². The molecule has 0 bridgehead atoms. The summed E-state index contributed by atoms with van der Waals surface area (Å²) in [5, 5.41) is 12.3. The lowest BCUT2D eigenvalue weighted by atomic mass is 10.1. The average Bonchev–Trinajstić information content (AvgIpc) is 2.23. The van der Waals surface area contributed by atoms with Crippen LogP contribution in [-0.4, -0.2) is 29.5 Å². The molecule has 86 valence electrons. The first-order valence-corrected chi connectivity index (χ1v) is 5.91. The molecule has 0 atom stereocenters. The van der Waals surface area contributed by atoms with Gasteiger partial charge in [0.05, 0.1) is 18.5 Å². The van der Waals surface area contributed by atoms with E-state index < -0.39 is 0 Å². The Morgan fingerprint density at radius 2 is 2.31 bits per heavy atom. The minimum atomic E-state index is 0.159. The summed E-state index contributed by atoms with van der Waals surface area (Å²) >= 11 is 1.71. The predicted octanol–water partition coefficient (Wildman–Crippen LogP) is 1.58. The van der Waals surface area contributed by atoms with Gasteiger partial charge in [0.1, 0.15) is 0 Å². The maximum Gasteiger partial charge on any atom is 0.171 e.